The van der Waals surface area contributed by atoms with Crippen LogP contribution in [0, 0.1) is 20.8 Å². The summed E-state index contributed by atoms with van der Waals surface area (Å²) in [6, 6.07) is 18.4. The van der Waals surface area contributed by atoms with E-state index in [-0.39, 0.29) is 5.82 Å². The molecule has 0 saturated heterocycles. The molecule has 0 aliphatic heterocycles. The van der Waals surface area contributed by atoms with Crippen molar-refractivity contribution in [3.8, 4) is 22.6 Å². The number of aryl methyl sites for hydroxylation is 1. The van der Waals surface area contributed by atoms with Gasteiger partial charge < -0.3 is 20.5 Å². The third kappa shape index (κ3) is 5.33. The molecule has 0 spiro atoms. The minimum absolute atomic E-state index is 0.273. The van der Waals surface area contributed by atoms with Crippen molar-refractivity contribution >= 4 is 29.2 Å². The van der Waals surface area contributed by atoms with Crippen molar-refractivity contribution in [2.45, 2.75) is 20.8 Å². The van der Waals surface area contributed by atoms with E-state index >= 15 is 0 Å². The van der Waals surface area contributed by atoms with Crippen LogP contribution < -0.4 is 25.8 Å². The largest absolute Gasteiger partial charge is 0.493 e. The first-order valence-electron chi connectivity index (χ1n) is 11.0. The molecule has 1 aromatic heterocycles. The van der Waals surface area contributed by atoms with Crippen molar-refractivity contribution in [2.24, 2.45) is 0 Å². The number of para-hydroxylation sites is 1. The van der Waals surface area contributed by atoms with Gasteiger partial charge in [-0.2, -0.15) is 4.98 Å². The van der Waals surface area contributed by atoms with E-state index < -0.39 is 6.09 Å². The Labute approximate surface area is 204 Å². The van der Waals surface area contributed by atoms with Gasteiger partial charge in [0, 0.05) is 23.1 Å². The number of nitrogen functional groups attached to an aromatic ring is 1. The van der Waals surface area contributed by atoms with Gasteiger partial charge in [-0.05, 0) is 73.4 Å². The maximum atomic E-state index is 12.9. The van der Waals surface area contributed by atoms with Crippen molar-refractivity contribution in [2.75, 3.05) is 23.5 Å². The van der Waals surface area contributed by atoms with E-state index in [2.05, 4.69) is 47.4 Å². The number of hydrogen-bond donors (Lipinski definition) is 3. The number of methoxy groups -OCH3 is 1. The molecule has 0 saturated carbocycles. The van der Waals surface area contributed by atoms with E-state index in [4.69, 9.17) is 15.2 Å². The summed E-state index contributed by atoms with van der Waals surface area (Å²) >= 11 is 0. The summed E-state index contributed by atoms with van der Waals surface area (Å²) < 4.78 is 11.2. The standard InChI is InChI=1S/C27H27N5O3/c1-16-11-12-21(18(3)17(16)2)22-9-6-10-23(34-4)25(22)35-27(33)32-24-13-14-29-26(31-24)30-20-8-5-7-19(28)15-20/h5-15H,28H2,1-4H3,(H2,29,30,31,32,33). The molecule has 0 atom stereocenters. The molecule has 0 unspecified atom stereocenters. The van der Waals surface area contributed by atoms with Gasteiger partial charge in [-0.1, -0.05) is 30.3 Å². The molecule has 8 nitrogen and oxygen atoms in total. The molecule has 178 valence electrons. The van der Waals surface area contributed by atoms with Gasteiger partial charge in [0.2, 0.25) is 5.95 Å². The fraction of sp³-hybridized carbons (Fsp3) is 0.148. The van der Waals surface area contributed by atoms with Crippen molar-refractivity contribution in [3.63, 3.8) is 0 Å². The van der Waals surface area contributed by atoms with E-state index in [1.54, 1.807) is 24.3 Å². The van der Waals surface area contributed by atoms with Gasteiger partial charge in [0.1, 0.15) is 5.82 Å². The van der Waals surface area contributed by atoms with Crippen molar-refractivity contribution in [1.82, 2.24) is 9.97 Å². The number of amides is 1. The van der Waals surface area contributed by atoms with E-state index in [0.29, 0.717) is 23.1 Å². The third-order valence-electron chi connectivity index (χ3n) is 5.77. The average molecular weight is 470 g/mol. The number of nitrogens with zero attached hydrogens (tertiary/aromatic N) is 2. The number of nitrogens with two attached hydrogens (primary N) is 1. The van der Waals surface area contributed by atoms with Crippen LogP contribution in [0.3, 0.4) is 0 Å². The molecule has 1 amide bonds. The van der Waals surface area contributed by atoms with Crippen molar-refractivity contribution in [1.29, 1.82) is 0 Å². The number of rotatable bonds is 6. The Morgan fingerprint density at radius 3 is 2.51 bits per heavy atom. The predicted octanol–water partition coefficient (Wildman–Crippen LogP) is 6.01. The first-order chi connectivity index (χ1) is 16.9. The molecule has 4 N–H and O–H groups in total. The van der Waals surface area contributed by atoms with Crippen LogP contribution in [0.5, 0.6) is 11.5 Å². The zero-order chi connectivity index (χ0) is 24.9. The molecular weight excluding hydrogens is 442 g/mol. The van der Waals surface area contributed by atoms with Crippen LogP contribution in [0.1, 0.15) is 16.7 Å². The smallest absolute Gasteiger partial charge is 0.418 e. The highest BCUT2D eigenvalue weighted by molar-refractivity contribution is 5.88. The Hall–Kier alpha value is -4.59. The number of aromatic nitrogens is 2. The van der Waals surface area contributed by atoms with Crippen LogP contribution in [0.2, 0.25) is 0 Å². The Balaban J connectivity index is 1.58. The number of hydrogen-bond acceptors (Lipinski definition) is 7. The highest BCUT2D eigenvalue weighted by Gasteiger charge is 2.19. The number of benzene rings is 3. The predicted molar refractivity (Wildman–Crippen MR) is 138 cm³/mol. The maximum Gasteiger partial charge on any atom is 0.418 e. The summed E-state index contributed by atoms with van der Waals surface area (Å²) in [5.41, 5.74) is 12.4. The van der Waals surface area contributed by atoms with Gasteiger partial charge in [0.25, 0.3) is 0 Å². The van der Waals surface area contributed by atoms with Crippen LogP contribution in [-0.4, -0.2) is 23.2 Å². The second-order valence-electron chi connectivity index (χ2n) is 8.05. The molecule has 4 rings (SSSR count). The lowest BCUT2D eigenvalue weighted by Gasteiger charge is -2.17. The lowest BCUT2D eigenvalue weighted by atomic mass is 9.93. The molecule has 3 aromatic carbocycles. The minimum Gasteiger partial charge on any atom is -0.493 e. The van der Waals surface area contributed by atoms with Crippen LogP contribution in [0.25, 0.3) is 11.1 Å². The van der Waals surface area contributed by atoms with Gasteiger partial charge in [-0.15, -0.1) is 0 Å². The highest BCUT2D eigenvalue weighted by Crippen LogP contribution is 2.40. The number of ether oxygens (including phenoxy) is 2. The molecule has 0 fully saturated rings. The summed E-state index contributed by atoms with van der Waals surface area (Å²) in [4.78, 5) is 21.4. The lowest BCUT2D eigenvalue weighted by Crippen LogP contribution is -2.18. The molecule has 0 radical (unpaired) electrons. The second kappa shape index (κ2) is 10.1. The molecule has 0 aliphatic carbocycles. The Kier molecular flexibility index (Phi) is 6.82. The van der Waals surface area contributed by atoms with Crippen LogP contribution >= 0.6 is 0 Å². The number of anilines is 4. The van der Waals surface area contributed by atoms with E-state index in [9.17, 15) is 4.79 Å². The summed E-state index contributed by atoms with van der Waals surface area (Å²) in [6.07, 6.45) is 0.829. The number of nitrogens with one attached hydrogen (secondary N) is 2. The summed E-state index contributed by atoms with van der Waals surface area (Å²) in [7, 11) is 1.54. The molecule has 4 aromatic rings. The van der Waals surface area contributed by atoms with Crippen LogP contribution in [0.4, 0.5) is 27.9 Å². The van der Waals surface area contributed by atoms with Crippen molar-refractivity contribution < 1.29 is 14.3 Å². The van der Waals surface area contributed by atoms with E-state index in [1.807, 2.05) is 30.3 Å². The molecular formula is C27H27N5O3. The first kappa shape index (κ1) is 23.6. The summed E-state index contributed by atoms with van der Waals surface area (Å²) in [6.45, 7) is 6.20. The third-order valence-corrected chi connectivity index (χ3v) is 5.77. The average Bonchev–Trinajstić information content (AvgIpc) is 2.83. The Morgan fingerprint density at radius 1 is 0.943 bits per heavy atom. The highest BCUT2D eigenvalue weighted by atomic mass is 16.6. The Morgan fingerprint density at radius 2 is 1.74 bits per heavy atom. The maximum absolute atomic E-state index is 12.9. The zero-order valence-electron chi connectivity index (χ0n) is 20.0. The first-order valence-corrected chi connectivity index (χ1v) is 11.0. The topological polar surface area (TPSA) is 111 Å². The van der Waals surface area contributed by atoms with Gasteiger partial charge >= 0.3 is 6.09 Å². The van der Waals surface area contributed by atoms with Gasteiger partial charge in [-0.25, -0.2) is 9.78 Å². The SMILES string of the molecule is COc1cccc(-c2ccc(C)c(C)c2C)c1OC(=O)Nc1ccnc(Nc2cccc(N)c2)n1. The van der Waals surface area contributed by atoms with Gasteiger partial charge in [0.15, 0.2) is 11.5 Å². The lowest BCUT2D eigenvalue weighted by molar-refractivity contribution is 0.213. The molecule has 0 bridgehead atoms. The van der Waals surface area contributed by atoms with E-state index in [1.165, 1.54) is 24.4 Å². The van der Waals surface area contributed by atoms with Gasteiger partial charge in [0.05, 0.1) is 7.11 Å². The fourth-order valence-electron chi connectivity index (χ4n) is 3.70. The molecule has 1 heterocycles. The Bertz CT molecular complexity index is 1390. The van der Waals surface area contributed by atoms with Gasteiger partial charge in [-0.3, -0.25) is 5.32 Å². The van der Waals surface area contributed by atoms with E-state index in [0.717, 1.165) is 22.4 Å². The number of carbonyl (C=O) groups is 1. The second-order valence-corrected chi connectivity index (χ2v) is 8.05. The van der Waals surface area contributed by atoms with Crippen molar-refractivity contribution in [3.05, 3.63) is 83.6 Å². The van der Waals surface area contributed by atoms with Crippen LogP contribution in [-0.2, 0) is 0 Å². The molecule has 0 aliphatic rings. The normalized spacial score (nSPS) is 10.5. The molecule has 35 heavy (non-hydrogen) atoms. The quantitative estimate of drug-likeness (QED) is 0.296. The zero-order valence-corrected chi connectivity index (χ0v) is 20.0. The summed E-state index contributed by atoms with van der Waals surface area (Å²) in [5, 5.41) is 5.72. The molecule has 8 heteroatoms. The summed E-state index contributed by atoms with van der Waals surface area (Å²) in [5.74, 6) is 1.35. The minimum atomic E-state index is -0.703. The number of carbonyl (C=O) groups excluding carboxylic acids is 1. The van der Waals surface area contributed by atoms with Crippen LogP contribution in [0.15, 0.2) is 66.9 Å². The fourth-order valence-corrected chi connectivity index (χ4v) is 3.70. The monoisotopic (exact) mass is 469 g/mol.